The summed E-state index contributed by atoms with van der Waals surface area (Å²) >= 11 is 0. The molecule has 2 N–H and O–H groups in total. The van der Waals surface area contributed by atoms with Crippen molar-refractivity contribution >= 4 is 26.8 Å². The Balaban J connectivity index is 1.63. The highest BCUT2D eigenvalue weighted by Gasteiger charge is 2.30. The Morgan fingerprint density at radius 1 is 1.25 bits per heavy atom. The number of carbonyl (C=O) groups is 1. The van der Waals surface area contributed by atoms with Gasteiger partial charge in [0, 0.05) is 18.2 Å². The van der Waals surface area contributed by atoms with Gasteiger partial charge in [0.1, 0.15) is 16.5 Å². The van der Waals surface area contributed by atoms with Gasteiger partial charge in [-0.25, -0.2) is 18.1 Å². The minimum Gasteiger partial charge on any atom is -0.495 e. The molecule has 1 aromatic heterocycles. The highest BCUT2D eigenvalue weighted by atomic mass is 32.2. The molecule has 9 nitrogen and oxygen atoms in total. The molecule has 4 rings (SSSR count). The van der Waals surface area contributed by atoms with Crippen LogP contribution in [-0.4, -0.2) is 48.9 Å². The van der Waals surface area contributed by atoms with Crippen LogP contribution in [-0.2, 0) is 16.6 Å². The van der Waals surface area contributed by atoms with Crippen LogP contribution in [0.5, 0.6) is 5.75 Å². The number of sulfonamides is 1. The van der Waals surface area contributed by atoms with Crippen LogP contribution in [0, 0.1) is 0 Å². The number of aromatic nitrogens is 2. The number of carbonyl (C=O) groups excluding carboxylic acids is 1. The van der Waals surface area contributed by atoms with Crippen molar-refractivity contribution < 1.29 is 17.9 Å². The first-order valence-electron chi connectivity index (χ1n) is 10.3. The van der Waals surface area contributed by atoms with Gasteiger partial charge < -0.3 is 14.6 Å². The number of para-hydroxylation sites is 1. The summed E-state index contributed by atoms with van der Waals surface area (Å²) in [6.45, 7) is 2.21. The normalized spacial score (nSPS) is 13.8. The Hall–Kier alpha value is -3.24. The topological polar surface area (TPSA) is 121 Å². The monoisotopic (exact) mass is 456 g/mol. The first-order chi connectivity index (χ1) is 15.3. The highest BCUT2D eigenvalue weighted by molar-refractivity contribution is 7.89. The number of fused-ring (bicyclic) bond motifs is 1. The summed E-state index contributed by atoms with van der Waals surface area (Å²) < 4.78 is 33.3. The highest BCUT2D eigenvalue weighted by Crippen LogP contribution is 2.28. The number of methoxy groups -OCH3 is 1. The van der Waals surface area contributed by atoms with Crippen LogP contribution in [0.3, 0.4) is 0 Å². The summed E-state index contributed by atoms with van der Waals surface area (Å²) in [5.74, 6) is 0.132. The molecule has 2 aromatic carbocycles. The Bertz CT molecular complexity index is 1330. The van der Waals surface area contributed by atoms with Crippen molar-refractivity contribution in [2.75, 3.05) is 13.7 Å². The smallest absolute Gasteiger partial charge is 0.258 e. The second-order valence-corrected chi connectivity index (χ2v) is 9.29. The van der Waals surface area contributed by atoms with E-state index in [0.717, 1.165) is 12.8 Å². The molecule has 0 radical (unpaired) electrons. The summed E-state index contributed by atoms with van der Waals surface area (Å²) in [7, 11) is -2.44. The van der Waals surface area contributed by atoms with Crippen LogP contribution >= 0.6 is 0 Å². The number of rotatable bonds is 8. The quantitative estimate of drug-likeness (QED) is 0.535. The van der Waals surface area contributed by atoms with Crippen LogP contribution < -0.4 is 15.0 Å². The summed E-state index contributed by atoms with van der Waals surface area (Å²) in [6.07, 6.45) is 1.58. The fraction of sp³-hybridized carbons (Fsp3) is 0.318. The molecular weight excluding hydrogens is 432 g/mol. The van der Waals surface area contributed by atoms with Gasteiger partial charge in [0.15, 0.2) is 0 Å². The van der Waals surface area contributed by atoms with Crippen molar-refractivity contribution in [3.05, 3.63) is 64.2 Å². The van der Waals surface area contributed by atoms with E-state index in [0.29, 0.717) is 23.3 Å². The summed E-state index contributed by atoms with van der Waals surface area (Å²) in [5.41, 5.74) is 0.462. The first kappa shape index (κ1) is 22.0. The van der Waals surface area contributed by atoms with Gasteiger partial charge in [0.05, 0.1) is 24.6 Å². The van der Waals surface area contributed by atoms with Crippen molar-refractivity contribution in [3.8, 4) is 5.75 Å². The van der Waals surface area contributed by atoms with Crippen LogP contribution in [0.1, 0.15) is 35.9 Å². The molecule has 1 saturated carbocycles. The van der Waals surface area contributed by atoms with Crippen LogP contribution in [0.15, 0.2) is 52.2 Å². The van der Waals surface area contributed by atoms with Gasteiger partial charge in [-0.05, 0) is 50.1 Å². The van der Waals surface area contributed by atoms with E-state index in [2.05, 4.69) is 14.7 Å². The predicted octanol–water partition coefficient (Wildman–Crippen LogP) is 2.03. The molecule has 10 heteroatoms. The van der Waals surface area contributed by atoms with E-state index >= 15 is 0 Å². The molecule has 0 spiro atoms. The van der Waals surface area contributed by atoms with Gasteiger partial charge in [0.25, 0.3) is 11.5 Å². The number of H-pyrrole nitrogens is 1. The number of nitrogens with one attached hydrogen (secondary N) is 2. The molecule has 1 amide bonds. The summed E-state index contributed by atoms with van der Waals surface area (Å²) in [6, 6.07) is 11.2. The number of ether oxygens (including phenoxy) is 1. The average molecular weight is 457 g/mol. The van der Waals surface area contributed by atoms with E-state index in [1.165, 1.54) is 30.2 Å². The maximum Gasteiger partial charge on any atom is 0.258 e. The second-order valence-electron chi connectivity index (χ2n) is 7.61. The fourth-order valence-corrected chi connectivity index (χ4v) is 4.90. The lowest BCUT2D eigenvalue weighted by molar-refractivity contribution is 0.0748. The third kappa shape index (κ3) is 4.51. The van der Waals surface area contributed by atoms with E-state index in [4.69, 9.17) is 4.74 Å². The van der Waals surface area contributed by atoms with Crippen molar-refractivity contribution in [3.63, 3.8) is 0 Å². The first-order valence-corrected chi connectivity index (χ1v) is 11.8. The van der Waals surface area contributed by atoms with Gasteiger partial charge >= 0.3 is 0 Å². The van der Waals surface area contributed by atoms with E-state index in [1.54, 1.807) is 31.2 Å². The van der Waals surface area contributed by atoms with Gasteiger partial charge in [-0.3, -0.25) is 9.59 Å². The molecule has 0 saturated heterocycles. The molecule has 0 unspecified atom stereocenters. The number of hydrogen-bond acceptors (Lipinski definition) is 6. The van der Waals surface area contributed by atoms with E-state index < -0.39 is 10.0 Å². The van der Waals surface area contributed by atoms with Crippen LogP contribution in [0.2, 0.25) is 0 Å². The predicted molar refractivity (Wildman–Crippen MR) is 119 cm³/mol. The molecule has 0 bridgehead atoms. The largest absolute Gasteiger partial charge is 0.495 e. The van der Waals surface area contributed by atoms with E-state index in [1.807, 2.05) is 0 Å². The van der Waals surface area contributed by atoms with Gasteiger partial charge in [0.2, 0.25) is 10.0 Å². The standard InChI is InChI=1S/C22H24N4O5S/c1-3-26(13-20-23-17-7-5-4-6-16(17)21(27)24-20)22(28)14-8-11-18(31-2)19(12-14)32(29,30)25-15-9-10-15/h4-8,11-12,15,25H,3,9-10,13H2,1-2H3,(H,23,24,27). The minimum atomic E-state index is -3.82. The van der Waals surface area contributed by atoms with Crippen molar-refractivity contribution in [1.82, 2.24) is 19.6 Å². The zero-order valence-corrected chi connectivity index (χ0v) is 18.6. The zero-order chi connectivity index (χ0) is 22.9. The Kier molecular flexibility index (Phi) is 5.98. The van der Waals surface area contributed by atoms with E-state index in [-0.39, 0.29) is 40.3 Å². The van der Waals surface area contributed by atoms with Gasteiger partial charge in [-0.1, -0.05) is 12.1 Å². The lowest BCUT2D eigenvalue weighted by Gasteiger charge is -2.21. The van der Waals surface area contributed by atoms with Crippen molar-refractivity contribution in [2.45, 2.75) is 37.2 Å². The third-order valence-corrected chi connectivity index (χ3v) is 6.81. The zero-order valence-electron chi connectivity index (χ0n) is 17.8. The van der Waals surface area contributed by atoms with Gasteiger partial charge in [-0.2, -0.15) is 0 Å². The van der Waals surface area contributed by atoms with Gasteiger partial charge in [-0.15, -0.1) is 0 Å². The Labute approximate surface area is 185 Å². The number of benzene rings is 2. The Morgan fingerprint density at radius 2 is 2.00 bits per heavy atom. The molecule has 168 valence electrons. The molecule has 1 heterocycles. The summed E-state index contributed by atoms with van der Waals surface area (Å²) in [5, 5.41) is 0.471. The third-order valence-electron chi connectivity index (χ3n) is 5.27. The number of amides is 1. The number of hydrogen-bond donors (Lipinski definition) is 2. The summed E-state index contributed by atoms with van der Waals surface area (Å²) in [4.78, 5) is 34.1. The lowest BCUT2D eigenvalue weighted by Crippen LogP contribution is -2.32. The molecule has 1 aliphatic rings. The number of aromatic amines is 1. The van der Waals surface area contributed by atoms with Crippen LogP contribution in [0.4, 0.5) is 0 Å². The maximum absolute atomic E-state index is 13.2. The molecule has 1 aliphatic carbocycles. The SMILES string of the molecule is CCN(Cc1nc2ccccc2c(=O)[nH]1)C(=O)c1ccc(OC)c(S(=O)(=O)NC2CC2)c1. The molecule has 32 heavy (non-hydrogen) atoms. The maximum atomic E-state index is 13.2. The number of nitrogens with zero attached hydrogens (tertiary/aromatic N) is 2. The molecule has 3 aromatic rings. The molecule has 1 fully saturated rings. The Morgan fingerprint density at radius 3 is 2.69 bits per heavy atom. The average Bonchev–Trinajstić information content (AvgIpc) is 3.60. The molecule has 0 atom stereocenters. The van der Waals surface area contributed by atoms with Crippen molar-refractivity contribution in [1.29, 1.82) is 0 Å². The second kappa shape index (κ2) is 8.71. The van der Waals surface area contributed by atoms with Crippen LogP contribution in [0.25, 0.3) is 10.9 Å². The van der Waals surface area contributed by atoms with Crippen molar-refractivity contribution in [2.24, 2.45) is 0 Å². The molecule has 0 aliphatic heterocycles. The van der Waals surface area contributed by atoms with E-state index in [9.17, 15) is 18.0 Å². The minimum absolute atomic E-state index is 0.0733. The fourth-order valence-electron chi connectivity index (χ4n) is 3.40. The molecular formula is C22H24N4O5S. The lowest BCUT2D eigenvalue weighted by atomic mass is 10.2.